The van der Waals surface area contributed by atoms with Crippen molar-refractivity contribution in [2.24, 2.45) is 5.92 Å². The van der Waals surface area contributed by atoms with Crippen molar-refractivity contribution in [3.63, 3.8) is 0 Å². The Morgan fingerprint density at radius 1 is 1.35 bits per heavy atom. The number of sulfonamides is 1. The highest BCUT2D eigenvalue weighted by Gasteiger charge is 2.36. The Bertz CT molecular complexity index is 1150. The van der Waals surface area contributed by atoms with E-state index in [1.807, 2.05) is 17.5 Å². The van der Waals surface area contributed by atoms with E-state index in [0.29, 0.717) is 30.8 Å². The molecule has 1 amide bonds. The van der Waals surface area contributed by atoms with E-state index in [4.69, 9.17) is 8.94 Å². The van der Waals surface area contributed by atoms with Crippen molar-refractivity contribution in [2.75, 3.05) is 13.1 Å². The van der Waals surface area contributed by atoms with Crippen LogP contribution in [-0.2, 0) is 21.4 Å². The SMILES string of the molecule is Cc1noc(/C=C/c2cccs2)c1S(=O)(=O)N1CCCC(C(=O)NCc2ccco2)C1. The van der Waals surface area contributed by atoms with Crippen molar-refractivity contribution in [1.82, 2.24) is 14.8 Å². The summed E-state index contributed by atoms with van der Waals surface area (Å²) >= 11 is 1.54. The van der Waals surface area contributed by atoms with Crippen LogP contribution < -0.4 is 5.32 Å². The Balaban J connectivity index is 1.49. The normalized spacial score (nSPS) is 17.9. The third-order valence-electron chi connectivity index (χ3n) is 5.15. The molecular weight excluding hydrogens is 438 g/mol. The number of carbonyl (C=O) groups excluding carboxylic acids is 1. The van der Waals surface area contributed by atoms with Crippen LogP contribution in [0.4, 0.5) is 0 Å². The fraction of sp³-hybridized carbons (Fsp3) is 0.333. The standard InChI is InChI=1S/C21H23N3O5S2/c1-15-20(19(29-23-15)9-8-18-7-4-12-30-18)31(26,27)24-10-2-5-16(14-24)21(25)22-13-17-6-3-11-28-17/h3-4,6-9,11-12,16H,2,5,10,13-14H2,1H3,(H,22,25)/b9-8+. The van der Waals surface area contributed by atoms with Gasteiger partial charge in [-0.2, -0.15) is 4.31 Å². The number of aryl methyl sites for hydroxylation is 1. The fourth-order valence-electron chi connectivity index (χ4n) is 3.58. The first-order valence-electron chi connectivity index (χ1n) is 9.93. The Morgan fingerprint density at radius 3 is 2.97 bits per heavy atom. The van der Waals surface area contributed by atoms with Crippen LogP contribution in [0.5, 0.6) is 0 Å². The summed E-state index contributed by atoms with van der Waals surface area (Å²) in [7, 11) is -3.86. The number of hydrogen-bond acceptors (Lipinski definition) is 7. The molecule has 3 aromatic rings. The first-order valence-corrected chi connectivity index (χ1v) is 12.2. The van der Waals surface area contributed by atoms with Gasteiger partial charge in [-0.3, -0.25) is 4.79 Å². The first-order chi connectivity index (χ1) is 14.9. The Labute approximate surface area is 184 Å². The van der Waals surface area contributed by atoms with Crippen molar-refractivity contribution in [2.45, 2.75) is 31.2 Å². The van der Waals surface area contributed by atoms with E-state index < -0.39 is 15.9 Å². The Hall–Kier alpha value is -2.69. The van der Waals surface area contributed by atoms with Gasteiger partial charge in [-0.1, -0.05) is 11.2 Å². The first kappa shape index (κ1) is 21.5. The number of carbonyl (C=O) groups is 1. The molecule has 4 heterocycles. The van der Waals surface area contributed by atoms with Crippen LogP contribution in [0.3, 0.4) is 0 Å². The molecule has 0 aromatic carbocycles. The van der Waals surface area contributed by atoms with E-state index in [0.717, 1.165) is 4.88 Å². The lowest BCUT2D eigenvalue weighted by Crippen LogP contribution is -2.45. The maximum Gasteiger partial charge on any atom is 0.248 e. The van der Waals surface area contributed by atoms with Gasteiger partial charge in [-0.25, -0.2) is 8.42 Å². The molecule has 1 unspecified atom stereocenters. The van der Waals surface area contributed by atoms with E-state index in [1.54, 1.807) is 37.5 Å². The van der Waals surface area contributed by atoms with Crippen molar-refractivity contribution in [3.8, 4) is 0 Å². The van der Waals surface area contributed by atoms with Gasteiger partial charge in [-0.15, -0.1) is 11.3 Å². The summed E-state index contributed by atoms with van der Waals surface area (Å²) in [5.74, 6) is 0.228. The molecule has 4 rings (SSSR count). The van der Waals surface area contributed by atoms with Gasteiger partial charge in [0.25, 0.3) is 0 Å². The minimum atomic E-state index is -3.86. The third-order valence-corrected chi connectivity index (χ3v) is 8.01. The molecule has 1 N–H and O–H groups in total. The maximum absolute atomic E-state index is 13.4. The number of thiophene rings is 1. The predicted molar refractivity (Wildman–Crippen MR) is 117 cm³/mol. The number of nitrogens with zero attached hydrogens (tertiary/aromatic N) is 2. The second-order valence-corrected chi connectivity index (χ2v) is 10.2. The molecule has 0 spiro atoms. The maximum atomic E-state index is 13.4. The number of amides is 1. The average molecular weight is 462 g/mol. The monoisotopic (exact) mass is 461 g/mol. The number of piperidine rings is 1. The van der Waals surface area contributed by atoms with Crippen molar-refractivity contribution in [3.05, 3.63) is 58.0 Å². The molecule has 1 aliphatic rings. The van der Waals surface area contributed by atoms with Gasteiger partial charge in [0, 0.05) is 18.0 Å². The molecule has 1 atom stereocenters. The zero-order chi connectivity index (χ0) is 21.8. The van der Waals surface area contributed by atoms with Gasteiger partial charge in [0.05, 0.1) is 18.7 Å². The molecule has 0 saturated carbocycles. The molecule has 1 fully saturated rings. The van der Waals surface area contributed by atoms with Crippen LogP contribution in [0, 0.1) is 12.8 Å². The van der Waals surface area contributed by atoms with Crippen LogP contribution in [0.2, 0.25) is 0 Å². The zero-order valence-electron chi connectivity index (χ0n) is 17.0. The number of nitrogens with one attached hydrogen (secondary N) is 1. The number of rotatable bonds is 7. The minimum absolute atomic E-state index is 0.0527. The zero-order valence-corrected chi connectivity index (χ0v) is 18.6. The summed E-state index contributed by atoms with van der Waals surface area (Å²) in [4.78, 5) is 13.6. The molecule has 164 valence electrons. The molecule has 31 heavy (non-hydrogen) atoms. The lowest BCUT2D eigenvalue weighted by molar-refractivity contribution is -0.126. The minimum Gasteiger partial charge on any atom is -0.467 e. The van der Waals surface area contributed by atoms with Gasteiger partial charge in [0.15, 0.2) is 10.7 Å². The van der Waals surface area contributed by atoms with E-state index in [9.17, 15) is 13.2 Å². The molecule has 0 radical (unpaired) electrons. The van der Waals surface area contributed by atoms with Gasteiger partial charge in [0.1, 0.15) is 11.5 Å². The highest BCUT2D eigenvalue weighted by Crippen LogP contribution is 2.29. The highest BCUT2D eigenvalue weighted by molar-refractivity contribution is 7.89. The molecular formula is C21H23N3O5S2. The molecule has 1 saturated heterocycles. The largest absolute Gasteiger partial charge is 0.467 e. The summed E-state index contributed by atoms with van der Waals surface area (Å²) in [6.45, 7) is 2.35. The second kappa shape index (κ2) is 9.21. The molecule has 1 aliphatic heterocycles. The summed E-state index contributed by atoms with van der Waals surface area (Å²) in [5, 5.41) is 8.63. The second-order valence-electron chi connectivity index (χ2n) is 7.31. The summed E-state index contributed by atoms with van der Waals surface area (Å²) in [6.07, 6.45) is 6.19. The van der Waals surface area contributed by atoms with Gasteiger partial charge >= 0.3 is 0 Å². The summed E-state index contributed by atoms with van der Waals surface area (Å²) in [6, 6.07) is 7.37. The molecule has 0 bridgehead atoms. The van der Waals surface area contributed by atoms with Crippen LogP contribution >= 0.6 is 11.3 Å². The Kier molecular flexibility index (Phi) is 6.40. The lowest BCUT2D eigenvalue weighted by atomic mass is 9.99. The average Bonchev–Trinajstić information content (AvgIpc) is 3.53. The lowest BCUT2D eigenvalue weighted by Gasteiger charge is -2.31. The van der Waals surface area contributed by atoms with Crippen molar-refractivity contribution >= 4 is 39.4 Å². The van der Waals surface area contributed by atoms with Crippen LogP contribution in [0.25, 0.3) is 12.2 Å². The van der Waals surface area contributed by atoms with Gasteiger partial charge in [-0.05, 0) is 55.5 Å². The van der Waals surface area contributed by atoms with E-state index >= 15 is 0 Å². The number of furan rings is 1. The highest BCUT2D eigenvalue weighted by atomic mass is 32.2. The predicted octanol–water partition coefficient (Wildman–Crippen LogP) is 3.53. The quantitative estimate of drug-likeness (QED) is 0.577. The molecule has 3 aromatic heterocycles. The Morgan fingerprint density at radius 2 is 2.23 bits per heavy atom. The van der Waals surface area contributed by atoms with Gasteiger partial charge in [0.2, 0.25) is 15.9 Å². The van der Waals surface area contributed by atoms with Crippen LogP contribution in [0.1, 0.15) is 34.9 Å². The fourth-order valence-corrected chi connectivity index (χ4v) is 5.97. The van der Waals surface area contributed by atoms with E-state index in [2.05, 4.69) is 10.5 Å². The molecule has 10 heteroatoms. The number of hydrogen-bond donors (Lipinski definition) is 1. The van der Waals surface area contributed by atoms with E-state index in [-0.39, 0.29) is 29.7 Å². The topological polar surface area (TPSA) is 106 Å². The van der Waals surface area contributed by atoms with Crippen molar-refractivity contribution < 1.29 is 22.2 Å². The van der Waals surface area contributed by atoms with Gasteiger partial charge < -0.3 is 14.3 Å². The molecule has 8 nitrogen and oxygen atoms in total. The summed E-state index contributed by atoms with van der Waals surface area (Å²) in [5.41, 5.74) is 0.301. The van der Waals surface area contributed by atoms with Crippen molar-refractivity contribution in [1.29, 1.82) is 0 Å². The smallest absolute Gasteiger partial charge is 0.248 e. The van der Waals surface area contributed by atoms with Crippen LogP contribution in [0.15, 0.2) is 49.7 Å². The van der Waals surface area contributed by atoms with Crippen LogP contribution in [-0.4, -0.2) is 36.9 Å². The van der Waals surface area contributed by atoms with E-state index in [1.165, 1.54) is 15.6 Å². The molecule has 0 aliphatic carbocycles. The third kappa shape index (κ3) is 4.81. The number of aromatic nitrogens is 1. The summed E-state index contributed by atoms with van der Waals surface area (Å²) < 4.78 is 38.7.